The molecule has 1 aliphatic rings. The Labute approximate surface area is 160 Å². The smallest absolute Gasteiger partial charge is 0.166 e. The molecule has 5 heteroatoms. The zero-order valence-electron chi connectivity index (χ0n) is 15.7. The Hall–Kier alpha value is -1.72. The molecule has 0 N–H and O–H groups in total. The number of hydrogen-bond donors (Lipinski definition) is 0. The molecule has 0 bridgehead atoms. The zero-order valence-corrected chi connectivity index (χ0v) is 16.6. The largest absolute Gasteiger partial charge is 0.497 e. The van der Waals surface area contributed by atoms with E-state index in [1.807, 2.05) is 24.3 Å². The Balaban J connectivity index is 1.48. The van der Waals surface area contributed by atoms with Gasteiger partial charge in [0.1, 0.15) is 5.75 Å². The summed E-state index contributed by atoms with van der Waals surface area (Å²) in [6, 6.07) is 7.47. The average molecular weight is 373 g/mol. The van der Waals surface area contributed by atoms with Crippen molar-refractivity contribution in [3.05, 3.63) is 45.9 Å². The number of ether oxygens (including phenoxy) is 1. The summed E-state index contributed by atoms with van der Waals surface area (Å²) in [5, 5.41) is 3.45. The van der Waals surface area contributed by atoms with Gasteiger partial charge in [-0.25, -0.2) is 4.98 Å². The van der Waals surface area contributed by atoms with Crippen molar-refractivity contribution >= 4 is 17.1 Å². The molecule has 1 aromatic carbocycles. The zero-order chi connectivity index (χ0) is 18.4. The highest BCUT2D eigenvalue weighted by molar-refractivity contribution is 7.09. The number of thiazole rings is 1. The Morgan fingerprint density at radius 3 is 2.65 bits per heavy atom. The Bertz CT molecular complexity index is 703. The maximum atomic E-state index is 12.7. The topological polar surface area (TPSA) is 42.4 Å². The van der Waals surface area contributed by atoms with Crippen molar-refractivity contribution < 1.29 is 9.53 Å². The number of rotatable bonds is 8. The van der Waals surface area contributed by atoms with E-state index in [2.05, 4.69) is 17.2 Å². The summed E-state index contributed by atoms with van der Waals surface area (Å²) in [5.41, 5.74) is 1.98. The molecule has 26 heavy (non-hydrogen) atoms. The Morgan fingerprint density at radius 2 is 2.00 bits per heavy atom. The van der Waals surface area contributed by atoms with Gasteiger partial charge in [0.2, 0.25) is 0 Å². The number of likely N-dealkylation sites (tertiary alicyclic amines) is 1. The third kappa shape index (κ3) is 4.92. The fourth-order valence-electron chi connectivity index (χ4n) is 3.44. The first-order valence-corrected chi connectivity index (χ1v) is 10.4. The molecule has 2 aromatic rings. The van der Waals surface area contributed by atoms with E-state index >= 15 is 0 Å². The molecular formula is C21H28N2O2S. The summed E-state index contributed by atoms with van der Waals surface area (Å²) in [6.45, 7) is 5.06. The Morgan fingerprint density at radius 1 is 1.27 bits per heavy atom. The number of carbonyl (C=O) groups is 1. The molecule has 3 rings (SSSR count). The monoisotopic (exact) mass is 372 g/mol. The van der Waals surface area contributed by atoms with Crippen molar-refractivity contribution in [2.45, 2.75) is 45.6 Å². The molecule has 0 aliphatic carbocycles. The molecule has 0 atom stereocenters. The third-order valence-electron chi connectivity index (χ3n) is 5.06. The SMILES string of the molecule is CCCCc1nc(CN2CCC(C(=O)c3ccc(OC)cc3)CC2)cs1. The predicted molar refractivity (Wildman–Crippen MR) is 106 cm³/mol. The van der Waals surface area contributed by atoms with Gasteiger partial charge in [-0.1, -0.05) is 13.3 Å². The summed E-state index contributed by atoms with van der Waals surface area (Å²) >= 11 is 1.78. The molecule has 1 aliphatic heterocycles. The van der Waals surface area contributed by atoms with Gasteiger partial charge in [0.15, 0.2) is 5.78 Å². The maximum absolute atomic E-state index is 12.7. The lowest BCUT2D eigenvalue weighted by atomic mass is 9.89. The summed E-state index contributed by atoms with van der Waals surface area (Å²) < 4.78 is 5.17. The first-order chi connectivity index (χ1) is 12.7. The second kappa shape index (κ2) is 9.28. The fourth-order valence-corrected chi connectivity index (χ4v) is 4.27. The van der Waals surface area contributed by atoms with E-state index in [-0.39, 0.29) is 11.7 Å². The fraction of sp³-hybridized carbons (Fsp3) is 0.524. The van der Waals surface area contributed by atoms with Crippen LogP contribution in [0.15, 0.2) is 29.6 Å². The van der Waals surface area contributed by atoms with Gasteiger partial charge in [0.25, 0.3) is 0 Å². The van der Waals surface area contributed by atoms with Crippen LogP contribution in [0.2, 0.25) is 0 Å². The lowest BCUT2D eigenvalue weighted by Gasteiger charge is -2.30. The first kappa shape index (κ1) is 19.1. The highest BCUT2D eigenvalue weighted by Gasteiger charge is 2.26. The first-order valence-electron chi connectivity index (χ1n) is 9.53. The minimum atomic E-state index is 0.134. The van der Waals surface area contributed by atoms with Gasteiger partial charge in [0.05, 0.1) is 17.8 Å². The second-order valence-corrected chi connectivity index (χ2v) is 7.92. The third-order valence-corrected chi connectivity index (χ3v) is 6.02. The molecule has 1 aromatic heterocycles. The molecule has 1 fully saturated rings. The van der Waals surface area contributed by atoms with Crippen LogP contribution in [0.1, 0.15) is 53.7 Å². The van der Waals surface area contributed by atoms with Crippen LogP contribution in [0.3, 0.4) is 0 Å². The van der Waals surface area contributed by atoms with E-state index < -0.39 is 0 Å². The molecule has 0 amide bonds. The lowest BCUT2D eigenvalue weighted by Crippen LogP contribution is -2.36. The van der Waals surface area contributed by atoms with Crippen molar-refractivity contribution in [3.63, 3.8) is 0 Å². The van der Waals surface area contributed by atoms with E-state index in [0.29, 0.717) is 0 Å². The number of piperidine rings is 1. The molecule has 0 unspecified atom stereocenters. The van der Waals surface area contributed by atoms with Crippen molar-refractivity contribution in [3.8, 4) is 5.75 Å². The number of ketones is 1. The van der Waals surface area contributed by atoms with E-state index in [1.165, 1.54) is 23.5 Å². The van der Waals surface area contributed by atoms with E-state index in [9.17, 15) is 4.79 Å². The van der Waals surface area contributed by atoms with Gasteiger partial charge in [-0.2, -0.15) is 0 Å². The summed E-state index contributed by atoms with van der Waals surface area (Å²) in [7, 11) is 1.64. The number of hydrogen-bond acceptors (Lipinski definition) is 5. The highest BCUT2D eigenvalue weighted by atomic mass is 32.1. The van der Waals surface area contributed by atoms with Gasteiger partial charge in [0, 0.05) is 23.4 Å². The van der Waals surface area contributed by atoms with Crippen molar-refractivity contribution in [1.29, 1.82) is 0 Å². The number of carbonyl (C=O) groups excluding carboxylic acids is 1. The normalized spacial score (nSPS) is 15.9. The standard InChI is InChI=1S/C21H28N2O2S/c1-3-4-5-20-22-18(15-26-20)14-23-12-10-17(11-13-23)21(24)16-6-8-19(25-2)9-7-16/h6-9,15,17H,3-5,10-14H2,1-2H3. The maximum Gasteiger partial charge on any atom is 0.166 e. The van der Waals surface area contributed by atoms with E-state index in [0.717, 1.165) is 50.2 Å². The second-order valence-electron chi connectivity index (χ2n) is 6.98. The number of Topliss-reactive ketones (excluding diaryl/α,β-unsaturated/α-hetero) is 1. The summed E-state index contributed by atoms with van der Waals surface area (Å²) in [6.07, 6.45) is 5.38. The van der Waals surface area contributed by atoms with Crippen LogP contribution < -0.4 is 4.74 Å². The van der Waals surface area contributed by atoms with Crippen LogP contribution in [0.4, 0.5) is 0 Å². The molecule has 0 saturated carbocycles. The number of aryl methyl sites for hydroxylation is 1. The van der Waals surface area contributed by atoms with Crippen molar-refractivity contribution in [1.82, 2.24) is 9.88 Å². The number of benzene rings is 1. The van der Waals surface area contributed by atoms with Gasteiger partial charge in [-0.3, -0.25) is 9.69 Å². The number of methoxy groups -OCH3 is 1. The molecular weight excluding hydrogens is 344 g/mol. The van der Waals surface area contributed by atoms with Crippen molar-refractivity contribution in [2.75, 3.05) is 20.2 Å². The predicted octanol–water partition coefficient (Wildman–Crippen LogP) is 4.59. The van der Waals surface area contributed by atoms with Crippen LogP contribution in [-0.2, 0) is 13.0 Å². The molecule has 2 heterocycles. The molecule has 0 spiro atoms. The molecule has 140 valence electrons. The summed E-state index contributed by atoms with van der Waals surface area (Å²) in [4.78, 5) is 19.9. The van der Waals surface area contributed by atoms with Crippen LogP contribution in [0.25, 0.3) is 0 Å². The average Bonchev–Trinajstić information content (AvgIpc) is 3.13. The van der Waals surface area contributed by atoms with Crippen molar-refractivity contribution in [2.24, 2.45) is 5.92 Å². The number of aromatic nitrogens is 1. The van der Waals surface area contributed by atoms with Gasteiger partial charge >= 0.3 is 0 Å². The number of nitrogens with zero attached hydrogens (tertiary/aromatic N) is 2. The van der Waals surface area contributed by atoms with E-state index in [4.69, 9.17) is 9.72 Å². The van der Waals surface area contributed by atoms with Crippen LogP contribution in [-0.4, -0.2) is 35.9 Å². The molecule has 4 nitrogen and oxygen atoms in total. The van der Waals surface area contributed by atoms with Gasteiger partial charge in [-0.05, 0) is 63.0 Å². The molecule has 1 saturated heterocycles. The Kier molecular flexibility index (Phi) is 6.80. The number of unbranched alkanes of at least 4 members (excludes halogenated alkanes) is 1. The summed E-state index contributed by atoms with van der Waals surface area (Å²) in [5.74, 6) is 1.19. The van der Waals surface area contributed by atoms with Crippen LogP contribution in [0, 0.1) is 5.92 Å². The van der Waals surface area contributed by atoms with Crippen LogP contribution >= 0.6 is 11.3 Å². The quantitative estimate of drug-likeness (QED) is 0.636. The van der Waals surface area contributed by atoms with Gasteiger partial charge < -0.3 is 4.74 Å². The molecule has 0 radical (unpaired) electrons. The lowest BCUT2D eigenvalue weighted by molar-refractivity contribution is 0.0834. The highest BCUT2D eigenvalue weighted by Crippen LogP contribution is 2.24. The minimum Gasteiger partial charge on any atom is -0.497 e. The van der Waals surface area contributed by atoms with Crippen LogP contribution in [0.5, 0.6) is 5.75 Å². The minimum absolute atomic E-state index is 0.134. The van der Waals surface area contributed by atoms with Gasteiger partial charge in [-0.15, -0.1) is 11.3 Å². The van der Waals surface area contributed by atoms with E-state index in [1.54, 1.807) is 18.4 Å².